The van der Waals surface area contributed by atoms with E-state index in [-0.39, 0.29) is 0 Å². The first-order chi connectivity index (χ1) is 7.03. The summed E-state index contributed by atoms with van der Waals surface area (Å²) in [6.45, 7) is 17.3. The number of hydrogen-bond donors (Lipinski definition) is 1. The molecule has 0 aliphatic carbocycles. The van der Waals surface area contributed by atoms with Gasteiger partial charge in [0, 0.05) is 12.1 Å². The van der Waals surface area contributed by atoms with Crippen LogP contribution in [0.25, 0.3) is 0 Å². The van der Waals surface area contributed by atoms with Crippen LogP contribution in [0, 0.1) is 5.41 Å². The Bertz CT molecular complexity index is 185. The third-order valence-corrected chi connectivity index (χ3v) is 2.33. The Balaban J connectivity index is 0. The number of carboxylic acids is 1. The van der Waals surface area contributed by atoms with E-state index in [0.29, 0.717) is 12.1 Å². The molecule has 0 aliphatic heterocycles. The summed E-state index contributed by atoms with van der Waals surface area (Å²) in [7, 11) is 0. The number of rotatable bonds is 3. The van der Waals surface area contributed by atoms with Crippen molar-refractivity contribution < 1.29 is 9.90 Å². The van der Waals surface area contributed by atoms with Crippen molar-refractivity contribution in [2.45, 2.75) is 67.5 Å². The third kappa shape index (κ3) is 8.72. The first kappa shape index (κ1) is 17.8. The minimum atomic E-state index is -0.757. The van der Waals surface area contributed by atoms with E-state index in [2.05, 4.69) is 39.5 Å². The zero-order valence-corrected chi connectivity index (χ0v) is 12.2. The SMILES string of the molecule is CC(C)(C)C(=O)O.CCN(C(C)C)C(C)C. The monoisotopic (exact) mass is 231 g/mol. The number of aliphatic carboxylic acids is 1. The normalized spacial score (nSPS) is 11.7. The Labute approximate surface area is 101 Å². The van der Waals surface area contributed by atoms with E-state index in [0.717, 1.165) is 6.54 Å². The van der Waals surface area contributed by atoms with Crippen LogP contribution in [0.15, 0.2) is 0 Å². The molecule has 0 bridgehead atoms. The Morgan fingerprint density at radius 2 is 1.38 bits per heavy atom. The topological polar surface area (TPSA) is 40.5 Å². The molecule has 98 valence electrons. The Morgan fingerprint density at radius 1 is 1.12 bits per heavy atom. The standard InChI is InChI=1S/C8H19N.C5H10O2/c1-6-9(7(2)3)8(4)5;1-5(2,3)4(6)7/h7-8H,6H2,1-5H3;1-3H3,(H,6,7). The molecule has 0 amide bonds. The fourth-order valence-electron chi connectivity index (χ4n) is 1.33. The van der Waals surface area contributed by atoms with Crippen molar-refractivity contribution in [2.24, 2.45) is 5.41 Å². The molecular weight excluding hydrogens is 202 g/mol. The van der Waals surface area contributed by atoms with Gasteiger partial charge in [-0.15, -0.1) is 0 Å². The van der Waals surface area contributed by atoms with Crippen molar-refractivity contribution >= 4 is 5.97 Å². The molecule has 3 nitrogen and oxygen atoms in total. The molecule has 0 saturated heterocycles. The van der Waals surface area contributed by atoms with Crippen LogP contribution >= 0.6 is 0 Å². The van der Waals surface area contributed by atoms with Gasteiger partial charge in [0.2, 0.25) is 0 Å². The molecule has 0 unspecified atom stereocenters. The lowest BCUT2D eigenvalue weighted by Crippen LogP contribution is -2.36. The van der Waals surface area contributed by atoms with Crippen LogP contribution in [-0.4, -0.2) is 34.6 Å². The van der Waals surface area contributed by atoms with Crippen LogP contribution < -0.4 is 0 Å². The van der Waals surface area contributed by atoms with E-state index >= 15 is 0 Å². The van der Waals surface area contributed by atoms with Gasteiger partial charge in [0.1, 0.15) is 0 Å². The minimum absolute atomic E-state index is 0.583. The highest BCUT2D eigenvalue weighted by molar-refractivity contribution is 5.72. The number of hydrogen-bond acceptors (Lipinski definition) is 2. The van der Waals surface area contributed by atoms with Crippen molar-refractivity contribution in [3.8, 4) is 0 Å². The number of nitrogens with zero attached hydrogens (tertiary/aromatic N) is 1. The second kappa shape index (κ2) is 7.66. The van der Waals surface area contributed by atoms with Crippen LogP contribution in [-0.2, 0) is 4.79 Å². The molecule has 0 heterocycles. The fraction of sp³-hybridized carbons (Fsp3) is 0.923. The van der Waals surface area contributed by atoms with Gasteiger partial charge in [-0.3, -0.25) is 9.69 Å². The van der Waals surface area contributed by atoms with E-state index in [9.17, 15) is 4.79 Å². The fourth-order valence-corrected chi connectivity index (χ4v) is 1.33. The summed E-state index contributed by atoms with van der Waals surface area (Å²) in [6, 6.07) is 1.38. The average Bonchev–Trinajstić information content (AvgIpc) is 2.02. The van der Waals surface area contributed by atoms with Crippen LogP contribution in [0.4, 0.5) is 0 Å². The molecule has 3 heteroatoms. The zero-order chi connectivity index (χ0) is 13.5. The predicted molar refractivity (Wildman–Crippen MR) is 69.7 cm³/mol. The molecule has 0 rings (SSSR count). The molecule has 0 radical (unpaired) electrons. The van der Waals surface area contributed by atoms with Crippen molar-refractivity contribution in [2.75, 3.05) is 6.54 Å². The second-order valence-corrected chi connectivity index (χ2v) is 5.57. The largest absolute Gasteiger partial charge is 0.481 e. The van der Waals surface area contributed by atoms with E-state index < -0.39 is 11.4 Å². The molecule has 1 N–H and O–H groups in total. The summed E-state index contributed by atoms with van der Waals surface area (Å²) in [4.78, 5) is 12.5. The quantitative estimate of drug-likeness (QED) is 0.810. The maximum atomic E-state index is 10.0. The van der Waals surface area contributed by atoms with Crippen LogP contribution in [0.5, 0.6) is 0 Å². The predicted octanol–water partition coefficient (Wildman–Crippen LogP) is 3.24. The lowest BCUT2D eigenvalue weighted by atomic mass is 9.98. The number of carbonyl (C=O) groups is 1. The van der Waals surface area contributed by atoms with Gasteiger partial charge in [-0.2, -0.15) is 0 Å². The molecule has 0 aromatic heterocycles. The smallest absolute Gasteiger partial charge is 0.308 e. The first-order valence-electron chi connectivity index (χ1n) is 6.03. The zero-order valence-electron chi connectivity index (χ0n) is 12.2. The number of carboxylic acid groups (broad SMARTS) is 1. The Kier molecular flexibility index (Phi) is 8.53. The molecule has 0 saturated carbocycles. The third-order valence-electron chi connectivity index (χ3n) is 2.33. The highest BCUT2D eigenvalue weighted by Crippen LogP contribution is 2.11. The van der Waals surface area contributed by atoms with Crippen molar-refractivity contribution in [1.82, 2.24) is 4.90 Å². The summed E-state index contributed by atoms with van der Waals surface area (Å²) in [6.07, 6.45) is 0. The average molecular weight is 231 g/mol. The van der Waals surface area contributed by atoms with Gasteiger partial charge < -0.3 is 5.11 Å². The second-order valence-electron chi connectivity index (χ2n) is 5.57. The van der Waals surface area contributed by atoms with Crippen LogP contribution in [0.3, 0.4) is 0 Å². The van der Waals surface area contributed by atoms with Crippen molar-refractivity contribution in [1.29, 1.82) is 0 Å². The summed E-state index contributed by atoms with van der Waals surface area (Å²) in [5, 5.41) is 8.25. The lowest BCUT2D eigenvalue weighted by Gasteiger charge is -2.28. The lowest BCUT2D eigenvalue weighted by molar-refractivity contribution is -0.145. The van der Waals surface area contributed by atoms with Gasteiger partial charge in [-0.1, -0.05) is 6.92 Å². The summed E-state index contributed by atoms with van der Waals surface area (Å²) in [5.74, 6) is -0.757. The van der Waals surface area contributed by atoms with E-state index in [1.165, 1.54) is 0 Å². The van der Waals surface area contributed by atoms with Gasteiger partial charge in [-0.25, -0.2) is 0 Å². The minimum Gasteiger partial charge on any atom is -0.481 e. The highest BCUT2D eigenvalue weighted by Gasteiger charge is 2.18. The van der Waals surface area contributed by atoms with Gasteiger partial charge in [-0.05, 0) is 55.0 Å². The van der Waals surface area contributed by atoms with E-state index in [4.69, 9.17) is 5.11 Å². The molecular formula is C13H29NO2. The molecule has 0 aliphatic rings. The molecule has 0 aromatic rings. The Morgan fingerprint density at radius 3 is 1.38 bits per heavy atom. The van der Waals surface area contributed by atoms with Crippen LogP contribution in [0.1, 0.15) is 55.4 Å². The first-order valence-corrected chi connectivity index (χ1v) is 6.03. The summed E-state index contributed by atoms with van der Waals surface area (Å²) in [5.41, 5.74) is -0.583. The van der Waals surface area contributed by atoms with E-state index in [1.54, 1.807) is 20.8 Å². The highest BCUT2D eigenvalue weighted by atomic mass is 16.4. The summed E-state index contributed by atoms with van der Waals surface area (Å²) < 4.78 is 0. The molecule has 0 fully saturated rings. The Hall–Kier alpha value is -0.570. The molecule has 0 spiro atoms. The van der Waals surface area contributed by atoms with Gasteiger partial charge in [0.05, 0.1) is 5.41 Å². The van der Waals surface area contributed by atoms with Crippen molar-refractivity contribution in [3.63, 3.8) is 0 Å². The van der Waals surface area contributed by atoms with Crippen molar-refractivity contribution in [3.05, 3.63) is 0 Å². The molecule has 0 atom stereocenters. The van der Waals surface area contributed by atoms with Gasteiger partial charge >= 0.3 is 5.97 Å². The van der Waals surface area contributed by atoms with Crippen LogP contribution in [0.2, 0.25) is 0 Å². The molecule has 0 aromatic carbocycles. The maximum Gasteiger partial charge on any atom is 0.308 e. The molecule has 16 heavy (non-hydrogen) atoms. The summed E-state index contributed by atoms with van der Waals surface area (Å²) >= 11 is 0. The van der Waals surface area contributed by atoms with Gasteiger partial charge in [0.25, 0.3) is 0 Å². The maximum absolute atomic E-state index is 10.0. The van der Waals surface area contributed by atoms with E-state index in [1.807, 2.05) is 0 Å². The van der Waals surface area contributed by atoms with Gasteiger partial charge in [0.15, 0.2) is 0 Å².